The molecule has 1 saturated heterocycles. The molecule has 1 heterocycles. The van der Waals surface area contributed by atoms with Gasteiger partial charge in [0.25, 0.3) is 0 Å². The number of imide groups is 2. The molecule has 0 N–H and O–H groups in total. The van der Waals surface area contributed by atoms with Crippen LogP contribution in [0.5, 0.6) is 17.2 Å². The third kappa shape index (κ3) is 7.30. The fraction of sp³-hybridized carbons (Fsp3) is 0.241. The molecule has 0 aromatic heterocycles. The van der Waals surface area contributed by atoms with Crippen molar-refractivity contribution >= 4 is 23.9 Å². The zero-order valence-corrected chi connectivity index (χ0v) is 22.0. The summed E-state index contributed by atoms with van der Waals surface area (Å²) in [7, 11) is 4.63. The molecule has 4 amide bonds. The Morgan fingerprint density at radius 3 is 1.46 bits per heavy atom. The van der Waals surface area contributed by atoms with Gasteiger partial charge in [0.2, 0.25) is 17.9 Å². The van der Waals surface area contributed by atoms with Crippen molar-refractivity contribution < 1.29 is 33.4 Å². The van der Waals surface area contributed by atoms with Gasteiger partial charge in [0, 0.05) is 16.7 Å². The number of rotatable bonds is 9. The van der Waals surface area contributed by atoms with Crippen LogP contribution in [-0.2, 0) is 34.0 Å². The summed E-state index contributed by atoms with van der Waals surface area (Å²) in [6.45, 7) is 0.405. The molecule has 4 rings (SSSR count). The van der Waals surface area contributed by atoms with Crippen molar-refractivity contribution in [2.45, 2.75) is 26.1 Å². The Hall–Kier alpha value is -4.95. The van der Waals surface area contributed by atoms with Gasteiger partial charge in [-0.1, -0.05) is 54.6 Å². The second-order valence-electron chi connectivity index (χ2n) is 8.26. The SMILES string of the molecule is COc1ccccc1CN1C(=O)CC(=O)N(Cc2ccccc2OC)C1=O.COc1ccccc1CN=C=O. The van der Waals surface area contributed by atoms with Crippen molar-refractivity contribution in [1.29, 1.82) is 0 Å². The molecule has 10 heteroatoms. The minimum Gasteiger partial charge on any atom is -0.496 e. The average Bonchev–Trinajstić information content (AvgIpc) is 2.97. The molecule has 3 aromatic rings. The predicted molar refractivity (Wildman–Crippen MR) is 142 cm³/mol. The zero-order valence-electron chi connectivity index (χ0n) is 22.0. The topological polar surface area (TPSA) is 115 Å². The summed E-state index contributed by atoms with van der Waals surface area (Å²) < 4.78 is 15.6. The highest BCUT2D eigenvalue weighted by atomic mass is 16.5. The molecule has 1 fully saturated rings. The smallest absolute Gasteiger partial charge is 0.334 e. The first-order valence-corrected chi connectivity index (χ1v) is 12.0. The van der Waals surface area contributed by atoms with Gasteiger partial charge in [0.15, 0.2) is 0 Å². The lowest BCUT2D eigenvalue weighted by Gasteiger charge is -2.33. The standard InChI is InChI=1S/C20H20N2O5.C9H9NO2/c1-26-16-9-5-3-7-14(16)12-21-18(23)11-19(24)22(20(21)25)13-15-8-4-6-10-17(15)27-2;1-12-9-5-3-2-4-8(9)6-10-7-11/h3-10H,11-13H2,1-2H3;2-5H,6H2,1H3. The number of barbiturate groups is 1. The van der Waals surface area contributed by atoms with Crippen LogP contribution in [0.15, 0.2) is 77.8 Å². The van der Waals surface area contributed by atoms with Gasteiger partial charge in [-0.2, -0.15) is 0 Å². The number of carbonyl (C=O) groups is 3. The predicted octanol–water partition coefficient (Wildman–Crippen LogP) is 4.12. The number of carbonyl (C=O) groups excluding carboxylic acids is 4. The van der Waals surface area contributed by atoms with Crippen molar-refractivity contribution in [3.05, 3.63) is 89.5 Å². The Bertz CT molecular complexity index is 1300. The van der Waals surface area contributed by atoms with E-state index in [9.17, 15) is 19.2 Å². The number of para-hydroxylation sites is 3. The first-order valence-electron chi connectivity index (χ1n) is 12.0. The van der Waals surface area contributed by atoms with Crippen molar-refractivity contribution in [3.63, 3.8) is 0 Å². The van der Waals surface area contributed by atoms with Gasteiger partial charge < -0.3 is 14.2 Å². The third-order valence-electron chi connectivity index (χ3n) is 5.91. The van der Waals surface area contributed by atoms with Gasteiger partial charge in [0.05, 0.1) is 41.0 Å². The molecule has 0 saturated carbocycles. The van der Waals surface area contributed by atoms with E-state index in [4.69, 9.17) is 14.2 Å². The van der Waals surface area contributed by atoms with Crippen LogP contribution in [0.1, 0.15) is 23.1 Å². The lowest BCUT2D eigenvalue weighted by molar-refractivity contribution is -0.143. The monoisotopic (exact) mass is 531 g/mol. The number of ether oxygens (including phenoxy) is 3. The molecule has 0 bridgehead atoms. The summed E-state index contributed by atoms with van der Waals surface area (Å²) in [5, 5.41) is 0. The molecular formula is C29H29N3O7. The number of benzene rings is 3. The van der Waals surface area contributed by atoms with Gasteiger partial charge in [-0.05, 0) is 18.2 Å². The van der Waals surface area contributed by atoms with E-state index in [2.05, 4.69) is 4.99 Å². The van der Waals surface area contributed by atoms with E-state index in [1.54, 1.807) is 55.6 Å². The summed E-state index contributed by atoms with van der Waals surface area (Å²) >= 11 is 0. The third-order valence-corrected chi connectivity index (χ3v) is 5.91. The Morgan fingerprint density at radius 2 is 1.05 bits per heavy atom. The van der Waals surface area contributed by atoms with Crippen molar-refractivity contribution in [1.82, 2.24) is 9.80 Å². The zero-order chi connectivity index (χ0) is 28.2. The van der Waals surface area contributed by atoms with Crippen LogP contribution in [0, 0.1) is 0 Å². The molecule has 3 aromatic carbocycles. The molecule has 0 aliphatic carbocycles. The van der Waals surface area contributed by atoms with E-state index in [0.717, 1.165) is 21.1 Å². The lowest BCUT2D eigenvalue weighted by Crippen LogP contribution is -2.54. The molecule has 0 radical (unpaired) electrons. The highest BCUT2D eigenvalue weighted by Gasteiger charge is 2.38. The number of hydrogen-bond donors (Lipinski definition) is 0. The van der Waals surface area contributed by atoms with Crippen molar-refractivity contribution in [3.8, 4) is 17.2 Å². The maximum Gasteiger partial charge on any atom is 0.334 e. The largest absolute Gasteiger partial charge is 0.496 e. The van der Waals surface area contributed by atoms with Crippen LogP contribution in [0.2, 0.25) is 0 Å². The number of aliphatic imine (C=N–C) groups is 1. The Labute approximate surface area is 226 Å². The quantitative estimate of drug-likeness (QED) is 0.232. The van der Waals surface area contributed by atoms with Crippen LogP contribution in [0.4, 0.5) is 4.79 Å². The summed E-state index contributed by atoms with van der Waals surface area (Å²) in [6, 6.07) is 21.1. The van der Waals surface area contributed by atoms with Crippen LogP contribution in [0.25, 0.3) is 0 Å². The Balaban J connectivity index is 0.000000293. The fourth-order valence-electron chi connectivity index (χ4n) is 3.95. The number of urea groups is 1. The maximum atomic E-state index is 12.9. The van der Waals surface area contributed by atoms with Gasteiger partial charge in [-0.15, -0.1) is 0 Å². The molecule has 0 spiro atoms. The maximum absolute atomic E-state index is 12.9. The summed E-state index contributed by atoms with van der Waals surface area (Å²) in [5.41, 5.74) is 2.27. The summed E-state index contributed by atoms with van der Waals surface area (Å²) in [5.74, 6) is 0.855. The van der Waals surface area contributed by atoms with E-state index >= 15 is 0 Å². The van der Waals surface area contributed by atoms with Crippen molar-refractivity contribution in [2.24, 2.45) is 4.99 Å². The minimum atomic E-state index is -0.645. The summed E-state index contributed by atoms with van der Waals surface area (Å²) in [4.78, 5) is 53.0. The number of isocyanates is 1. The molecule has 0 atom stereocenters. The van der Waals surface area contributed by atoms with E-state index in [0.29, 0.717) is 29.2 Å². The Morgan fingerprint density at radius 1 is 0.667 bits per heavy atom. The Kier molecular flexibility index (Phi) is 10.4. The normalized spacial score (nSPS) is 12.7. The van der Waals surface area contributed by atoms with Gasteiger partial charge in [0.1, 0.15) is 23.7 Å². The van der Waals surface area contributed by atoms with Crippen LogP contribution in [-0.4, -0.2) is 55.1 Å². The molecule has 202 valence electrons. The number of hydrogen-bond acceptors (Lipinski definition) is 8. The van der Waals surface area contributed by atoms with Crippen LogP contribution in [0.3, 0.4) is 0 Å². The second-order valence-corrected chi connectivity index (χ2v) is 8.26. The van der Waals surface area contributed by atoms with E-state index < -0.39 is 17.8 Å². The lowest BCUT2D eigenvalue weighted by atomic mass is 10.1. The minimum absolute atomic E-state index is 0.0391. The first kappa shape index (κ1) is 28.6. The van der Waals surface area contributed by atoms with Crippen LogP contribution < -0.4 is 14.2 Å². The second kappa shape index (κ2) is 14.1. The van der Waals surface area contributed by atoms with Gasteiger partial charge in [-0.3, -0.25) is 19.4 Å². The highest BCUT2D eigenvalue weighted by Crippen LogP contribution is 2.25. The fourth-order valence-corrected chi connectivity index (χ4v) is 3.95. The number of nitrogens with zero attached hydrogens (tertiary/aromatic N) is 3. The molecule has 1 aliphatic rings. The summed E-state index contributed by atoms with van der Waals surface area (Å²) in [6.07, 6.45) is 1.14. The number of methoxy groups -OCH3 is 3. The molecular weight excluding hydrogens is 502 g/mol. The molecule has 39 heavy (non-hydrogen) atoms. The average molecular weight is 532 g/mol. The molecule has 0 unspecified atom stereocenters. The number of amides is 4. The van der Waals surface area contributed by atoms with E-state index in [-0.39, 0.29) is 19.5 Å². The molecule has 1 aliphatic heterocycles. The van der Waals surface area contributed by atoms with E-state index in [1.807, 2.05) is 24.3 Å². The molecule has 10 nitrogen and oxygen atoms in total. The van der Waals surface area contributed by atoms with Crippen molar-refractivity contribution in [2.75, 3.05) is 21.3 Å². The van der Waals surface area contributed by atoms with Gasteiger partial charge in [-0.25, -0.2) is 14.6 Å². The first-order chi connectivity index (χ1) is 18.9. The van der Waals surface area contributed by atoms with Crippen LogP contribution >= 0.6 is 0 Å². The highest BCUT2D eigenvalue weighted by molar-refractivity contribution is 6.14. The van der Waals surface area contributed by atoms with Gasteiger partial charge >= 0.3 is 6.03 Å². The van der Waals surface area contributed by atoms with E-state index in [1.165, 1.54) is 20.3 Å².